The quantitative estimate of drug-likeness (QED) is 0.223. The van der Waals surface area contributed by atoms with Crippen molar-refractivity contribution in [3.05, 3.63) is 36.2 Å². The van der Waals surface area contributed by atoms with Crippen LogP contribution in [0.1, 0.15) is 26.2 Å². The number of nitrogens with one attached hydrogen (secondary N) is 1. The predicted octanol–water partition coefficient (Wildman–Crippen LogP) is 3.24. The second-order valence-corrected chi connectivity index (χ2v) is 10.7. The van der Waals surface area contributed by atoms with Crippen LogP contribution in [0.3, 0.4) is 0 Å². The van der Waals surface area contributed by atoms with Gasteiger partial charge >= 0.3 is 6.09 Å². The van der Waals surface area contributed by atoms with Crippen molar-refractivity contribution in [2.24, 2.45) is 28.1 Å². The lowest BCUT2D eigenvalue weighted by Gasteiger charge is -2.51. The highest BCUT2D eigenvalue weighted by Crippen LogP contribution is 2.60. The Morgan fingerprint density at radius 3 is 2.90 bits per heavy atom. The minimum absolute atomic E-state index is 0.00134. The number of hydrogen-bond donors (Lipinski definition) is 2. The Morgan fingerprint density at radius 2 is 2.18 bits per heavy atom. The maximum absolute atomic E-state index is 15.4. The molecular formula is C26H31F2N7O4. The summed E-state index contributed by atoms with van der Waals surface area (Å²) in [6.07, 6.45) is 4.38. The van der Waals surface area contributed by atoms with E-state index in [1.54, 1.807) is 18.0 Å². The molecule has 4 atom stereocenters. The van der Waals surface area contributed by atoms with Crippen molar-refractivity contribution in [3.63, 3.8) is 0 Å². The molecule has 4 aliphatic rings. The number of hydrazine groups is 1. The molecule has 2 saturated heterocycles. The normalized spacial score (nSPS) is 28.0. The highest BCUT2D eigenvalue weighted by Gasteiger charge is 2.70. The number of amides is 1. The average Bonchev–Trinajstić information content (AvgIpc) is 3.49. The van der Waals surface area contributed by atoms with Crippen molar-refractivity contribution in [2.75, 3.05) is 43.7 Å². The molecule has 1 aromatic heterocycles. The summed E-state index contributed by atoms with van der Waals surface area (Å²) in [5, 5.41) is 3.83. The van der Waals surface area contributed by atoms with Crippen LogP contribution < -0.4 is 20.9 Å². The van der Waals surface area contributed by atoms with Crippen LogP contribution in [0, 0.1) is 28.9 Å². The summed E-state index contributed by atoms with van der Waals surface area (Å²) in [6.45, 7) is 3.97. The molecule has 1 aromatic carbocycles. The summed E-state index contributed by atoms with van der Waals surface area (Å²) in [4.78, 5) is 26.4. The van der Waals surface area contributed by atoms with E-state index in [2.05, 4.69) is 20.3 Å². The number of carbonyl (C=O) groups is 1. The summed E-state index contributed by atoms with van der Waals surface area (Å²) in [7, 11) is 1.54. The van der Waals surface area contributed by atoms with Crippen LogP contribution in [0.15, 0.2) is 29.5 Å². The number of nitrogens with two attached hydrogens (primary N) is 1. The first kappa shape index (κ1) is 25.7. The topological polar surface area (TPSA) is 127 Å². The lowest BCUT2D eigenvalue weighted by molar-refractivity contribution is -0.103. The summed E-state index contributed by atoms with van der Waals surface area (Å²) in [6, 6.07) is 4.17. The Morgan fingerprint density at radius 1 is 1.36 bits per heavy atom. The molecule has 0 bridgehead atoms. The van der Waals surface area contributed by atoms with Crippen molar-refractivity contribution in [1.29, 1.82) is 0 Å². The molecule has 0 radical (unpaired) electrons. The molecule has 1 amide bonds. The number of rotatable bonds is 8. The van der Waals surface area contributed by atoms with E-state index in [0.29, 0.717) is 32.0 Å². The van der Waals surface area contributed by atoms with Gasteiger partial charge in [-0.3, -0.25) is 10.0 Å². The molecule has 2 saturated carbocycles. The van der Waals surface area contributed by atoms with E-state index >= 15 is 4.39 Å². The summed E-state index contributed by atoms with van der Waals surface area (Å²) in [5.74, 6) is 3.75. The first-order valence-corrected chi connectivity index (χ1v) is 13.0. The van der Waals surface area contributed by atoms with Crippen molar-refractivity contribution >= 4 is 29.6 Å². The number of nitrogens with zero attached hydrogens (tertiary/aromatic N) is 5. The molecule has 2 aliphatic heterocycles. The number of halogens is 2. The number of benzene rings is 1. The number of aliphatic imine (C=N–C) groups is 1. The predicted molar refractivity (Wildman–Crippen MR) is 138 cm³/mol. The Balaban J connectivity index is 1.16. The van der Waals surface area contributed by atoms with Gasteiger partial charge in [-0.1, -0.05) is 6.92 Å². The van der Waals surface area contributed by atoms with Gasteiger partial charge in [0.1, 0.15) is 30.2 Å². The third kappa shape index (κ3) is 4.33. The molecule has 2 aromatic rings. The van der Waals surface area contributed by atoms with Crippen LogP contribution in [0.5, 0.6) is 5.88 Å². The van der Waals surface area contributed by atoms with E-state index in [0.717, 1.165) is 30.6 Å². The molecule has 208 valence electrons. The molecule has 3 N–H and O–H groups in total. The molecule has 4 unspecified atom stereocenters. The zero-order chi connectivity index (χ0) is 27.4. The first-order chi connectivity index (χ1) is 18.8. The van der Waals surface area contributed by atoms with E-state index in [9.17, 15) is 9.18 Å². The third-order valence-electron chi connectivity index (χ3n) is 8.60. The van der Waals surface area contributed by atoms with E-state index in [4.69, 9.17) is 20.1 Å². The highest BCUT2D eigenvalue weighted by molar-refractivity contribution is 5.78. The molecule has 13 heteroatoms. The molecule has 2 aliphatic carbocycles. The number of aromatic nitrogens is 2. The largest absolute Gasteiger partial charge is 0.471 e. The third-order valence-corrected chi connectivity index (χ3v) is 8.60. The standard InChI is InChI=1S/C26H31F2N7O4/c1-3-25(6-7-25)39-24(36)34-9-16-21(17-10-37-12-26(16,17)11-34)38-23-20(28)22(31-13-32-23)33-19-5-4-15(8-18(19)27)35(29)14-30-2/h4-5,8,13-14,16-17,21H,3,6-7,9-12,29H2,1-2H3,(H,31,32,33). The maximum atomic E-state index is 15.4. The molecule has 11 nitrogen and oxygen atoms in total. The van der Waals surface area contributed by atoms with Gasteiger partial charge < -0.3 is 24.4 Å². The number of hydrogen-bond acceptors (Lipinski definition) is 9. The van der Waals surface area contributed by atoms with Gasteiger partial charge in [-0.15, -0.1) is 0 Å². The van der Waals surface area contributed by atoms with Gasteiger partial charge in [0.2, 0.25) is 5.82 Å². The average molecular weight is 544 g/mol. The maximum Gasteiger partial charge on any atom is 0.410 e. The summed E-state index contributed by atoms with van der Waals surface area (Å²) in [5.41, 5.74) is -0.193. The Kier molecular flexibility index (Phi) is 6.29. The molecular weight excluding hydrogens is 512 g/mol. The van der Waals surface area contributed by atoms with Gasteiger partial charge in [0.05, 0.1) is 24.6 Å². The lowest BCUT2D eigenvalue weighted by Crippen LogP contribution is -2.61. The van der Waals surface area contributed by atoms with Gasteiger partial charge in [0, 0.05) is 43.5 Å². The Labute approximate surface area is 224 Å². The van der Waals surface area contributed by atoms with Gasteiger partial charge in [-0.25, -0.2) is 20.0 Å². The Hall–Kier alpha value is -3.58. The lowest BCUT2D eigenvalue weighted by atomic mass is 9.54. The van der Waals surface area contributed by atoms with E-state index < -0.39 is 17.7 Å². The SMILES string of the molecule is CCC1(OC(=O)N2CC3C(Oc4ncnc(Nc5ccc(N(N)C=NC)cc5F)c4F)C4COCC43C2)CC1. The zero-order valence-electron chi connectivity index (χ0n) is 21.8. The van der Waals surface area contributed by atoms with E-state index in [1.165, 1.54) is 18.5 Å². The van der Waals surface area contributed by atoms with E-state index in [1.807, 2.05) is 6.92 Å². The van der Waals surface area contributed by atoms with Crippen LogP contribution in [0.2, 0.25) is 0 Å². The smallest absolute Gasteiger partial charge is 0.410 e. The van der Waals surface area contributed by atoms with Gasteiger partial charge in [0.15, 0.2) is 5.82 Å². The number of carbonyl (C=O) groups excluding carboxylic acids is 1. The molecule has 39 heavy (non-hydrogen) atoms. The first-order valence-electron chi connectivity index (χ1n) is 13.0. The van der Waals surface area contributed by atoms with Crippen LogP contribution in [-0.4, -0.2) is 72.4 Å². The van der Waals surface area contributed by atoms with Gasteiger partial charge in [-0.05, 0) is 31.4 Å². The highest BCUT2D eigenvalue weighted by atomic mass is 19.1. The fraction of sp³-hybridized carbons (Fsp3) is 0.538. The molecule has 3 heterocycles. The minimum atomic E-state index is -0.844. The van der Waals surface area contributed by atoms with Crippen molar-refractivity contribution in [2.45, 2.75) is 37.9 Å². The molecule has 1 spiro atoms. The van der Waals surface area contributed by atoms with Crippen molar-refractivity contribution in [1.82, 2.24) is 14.9 Å². The Bertz CT molecular complexity index is 1310. The van der Waals surface area contributed by atoms with Crippen LogP contribution in [0.4, 0.5) is 30.8 Å². The fourth-order valence-electron chi connectivity index (χ4n) is 6.12. The molecule has 4 fully saturated rings. The van der Waals surface area contributed by atoms with E-state index in [-0.39, 0.29) is 46.3 Å². The van der Waals surface area contributed by atoms with Crippen molar-refractivity contribution < 1.29 is 27.8 Å². The van der Waals surface area contributed by atoms with Crippen LogP contribution in [-0.2, 0) is 9.47 Å². The summed E-state index contributed by atoms with van der Waals surface area (Å²) >= 11 is 0. The second kappa shape index (κ2) is 9.56. The monoisotopic (exact) mass is 543 g/mol. The fourth-order valence-corrected chi connectivity index (χ4v) is 6.12. The minimum Gasteiger partial charge on any atom is -0.471 e. The summed E-state index contributed by atoms with van der Waals surface area (Å²) < 4.78 is 47.9. The van der Waals surface area contributed by atoms with Crippen molar-refractivity contribution in [3.8, 4) is 5.88 Å². The zero-order valence-corrected chi connectivity index (χ0v) is 21.8. The number of likely N-dealkylation sites (tertiary alicyclic amines) is 1. The number of ether oxygens (including phenoxy) is 3. The molecule has 6 rings (SSSR count). The van der Waals surface area contributed by atoms with Gasteiger partial charge in [0.25, 0.3) is 5.88 Å². The van der Waals surface area contributed by atoms with Crippen LogP contribution >= 0.6 is 0 Å². The van der Waals surface area contributed by atoms with Gasteiger partial charge in [-0.2, -0.15) is 9.37 Å². The van der Waals surface area contributed by atoms with Crippen LogP contribution in [0.25, 0.3) is 0 Å². The number of anilines is 3. The second-order valence-electron chi connectivity index (χ2n) is 10.7.